The summed E-state index contributed by atoms with van der Waals surface area (Å²) in [6.45, 7) is 1.68. The number of nitrogens with two attached hydrogens (primary N) is 1. The Hall–Kier alpha value is -3.57. The van der Waals surface area contributed by atoms with Gasteiger partial charge in [0.25, 0.3) is 5.91 Å². The molecular weight excluding hydrogens is 525 g/mol. The summed E-state index contributed by atoms with van der Waals surface area (Å²) in [4.78, 5) is 29.7. The molecule has 36 heavy (non-hydrogen) atoms. The van der Waals surface area contributed by atoms with E-state index in [2.05, 4.69) is 10.3 Å². The Kier molecular flexibility index (Phi) is 5.53. The molecule has 0 bridgehead atoms. The predicted octanol–water partition coefficient (Wildman–Crippen LogP) is 6.15. The maximum Gasteiger partial charge on any atom is 0.416 e. The molecule has 3 N–H and O–H groups in total. The number of hydrogen-bond acceptors (Lipinski definition) is 4. The topological polar surface area (TPSA) is 85.1 Å². The van der Waals surface area contributed by atoms with Crippen LogP contribution in [0.5, 0.6) is 0 Å². The number of aryl methyl sites for hydroxylation is 1. The molecule has 3 aromatic carbocycles. The highest BCUT2D eigenvalue weighted by Crippen LogP contribution is 2.47. The first-order valence-electron chi connectivity index (χ1n) is 10.3. The number of primary amides is 1. The summed E-state index contributed by atoms with van der Waals surface area (Å²) in [5, 5.41) is 3.32. The molecule has 2 heterocycles. The third kappa shape index (κ3) is 3.79. The number of amides is 2. The first-order valence-corrected chi connectivity index (χ1v) is 11.5. The Morgan fingerprint density at radius 3 is 2.53 bits per heavy atom. The van der Waals surface area contributed by atoms with E-state index in [0.717, 1.165) is 23.5 Å². The zero-order valence-electron chi connectivity index (χ0n) is 18.1. The van der Waals surface area contributed by atoms with Crippen molar-refractivity contribution < 1.29 is 31.5 Å². The minimum Gasteiger partial charge on any atom is -0.366 e. The van der Waals surface area contributed by atoms with Gasteiger partial charge < -0.3 is 11.1 Å². The molecule has 0 saturated carbocycles. The van der Waals surface area contributed by atoms with Crippen LogP contribution in [0.3, 0.4) is 0 Å². The standard InChI is InChI=1S/C24H13ClF5N3O2S/c1-8-32-21-16(36-8)7-12(17-13(22(31)34)4-9(5-15(17)27)24(28,29)30)18-19(21)23(35)33-20(18)11-6-10(26)2-3-14(11)25/h2-7,20H,1H3,(H2,31,34)(H,33,35). The van der Waals surface area contributed by atoms with Gasteiger partial charge in [0.2, 0.25) is 5.91 Å². The van der Waals surface area contributed by atoms with Crippen LogP contribution in [0.1, 0.15) is 48.5 Å². The van der Waals surface area contributed by atoms with Gasteiger partial charge in [-0.2, -0.15) is 13.2 Å². The SMILES string of the molecule is Cc1nc2c3c(c(-c4c(F)cc(C(F)(F)F)cc4C(N)=O)cc2s1)C(c1cc(F)ccc1Cl)NC3=O. The first-order chi connectivity index (χ1) is 16.9. The Morgan fingerprint density at radius 2 is 1.86 bits per heavy atom. The summed E-state index contributed by atoms with van der Waals surface area (Å²) in [6, 6.07) is 4.50. The third-order valence-electron chi connectivity index (χ3n) is 5.84. The van der Waals surface area contributed by atoms with Gasteiger partial charge in [-0.25, -0.2) is 13.8 Å². The van der Waals surface area contributed by atoms with Crippen molar-refractivity contribution in [1.82, 2.24) is 10.3 Å². The zero-order chi connectivity index (χ0) is 26.1. The fourth-order valence-electron chi connectivity index (χ4n) is 4.41. The van der Waals surface area contributed by atoms with Gasteiger partial charge in [-0.1, -0.05) is 11.6 Å². The molecule has 1 aliphatic rings. The summed E-state index contributed by atoms with van der Waals surface area (Å²) in [5.41, 5.74) is 3.18. The molecule has 0 spiro atoms. The monoisotopic (exact) mass is 537 g/mol. The zero-order valence-corrected chi connectivity index (χ0v) is 19.6. The number of thiazole rings is 1. The number of carbonyl (C=O) groups is 2. The summed E-state index contributed by atoms with van der Waals surface area (Å²) >= 11 is 7.45. The van der Waals surface area contributed by atoms with Crippen molar-refractivity contribution in [3.63, 3.8) is 0 Å². The molecule has 0 saturated heterocycles. The summed E-state index contributed by atoms with van der Waals surface area (Å²) in [5.74, 6) is -3.96. The molecule has 184 valence electrons. The highest BCUT2D eigenvalue weighted by atomic mass is 35.5. The molecule has 1 aromatic heterocycles. The van der Waals surface area contributed by atoms with Crippen LogP contribution in [0.15, 0.2) is 36.4 Å². The molecule has 1 atom stereocenters. The van der Waals surface area contributed by atoms with Gasteiger partial charge in [-0.05, 0) is 48.9 Å². The van der Waals surface area contributed by atoms with Gasteiger partial charge in [-0.3, -0.25) is 9.59 Å². The van der Waals surface area contributed by atoms with Crippen LogP contribution in [0, 0.1) is 18.6 Å². The van der Waals surface area contributed by atoms with Crippen molar-refractivity contribution in [2.24, 2.45) is 5.73 Å². The average Bonchev–Trinajstić information content (AvgIpc) is 3.32. The lowest BCUT2D eigenvalue weighted by Crippen LogP contribution is -2.21. The van der Waals surface area contributed by atoms with Crippen LogP contribution in [0.25, 0.3) is 21.3 Å². The van der Waals surface area contributed by atoms with E-state index in [9.17, 15) is 27.2 Å². The van der Waals surface area contributed by atoms with Crippen LogP contribution in [-0.2, 0) is 6.18 Å². The maximum atomic E-state index is 15.4. The number of aromatic nitrogens is 1. The smallest absolute Gasteiger partial charge is 0.366 e. The number of rotatable bonds is 3. The average molecular weight is 538 g/mol. The number of hydrogen-bond donors (Lipinski definition) is 2. The van der Waals surface area contributed by atoms with Gasteiger partial charge >= 0.3 is 6.18 Å². The number of nitrogens with zero attached hydrogens (tertiary/aromatic N) is 1. The van der Waals surface area contributed by atoms with E-state index >= 15 is 4.39 Å². The fourth-order valence-corrected chi connectivity index (χ4v) is 5.51. The van der Waals surface area contributed by atoms with E-state index in [1.807, 2.05) is 0 Å². The summed E-state index contributed by atoms with van der Waals surface area (Å²) in [6.07, 6.45) is -4.95. The molecule has 5 nitrogen and oxygen atoms in total. The normalized spacial score (nSPS) is 15.3. The van der Waals surface area contributed by atoms with Crippen LogP contribution >= 0.6 is 22.9 Å². The summed E-state index contributed by atoms with van der Waals surface area (Å²) < 4.78 is 70.1. The number of halogens is 6. The van der Waals surface area contributed by atoms with Gasteiger partial charge in [0, 0.05) is 21.7 Å². The number of fused-ring (bicyclic) bond motifs is 3. The largest absolute Gasteiger partial charge is 0.416 e. The van der Waals surface area contributed by atoms with Gasteiger partial charge in [0.1, 0.15) is 11.6 Å². The number of benzene rings is 3. The second-order valence-electron chi connectivity index (χ2n) is 8.11. The molecule has 12 heteroatoms. The number of carbonyl (C=O) groups excluding carboxylic acids is 2. The van der Waals surface area contributed by atoms with Crippen molar-refractivity contribution in [3.05, 3.63) is 85.9 Å². The lowest BCUT2D eigenvalue weighted by Gasteiger charge is -2.20. The Balaban J connectivity index is 1.91. The number of alkyl halides is 3. The van der Waals surface area contributed by atoms with Gasteiger partial charge in [-0.15, -0.1) is 11.3 Å². The maximum absolute atomic E-state index is 15.4. The van der Waals surface area contributed by atoms with E-state index < -0.39 is 52.4 Å². The summed E-state index contributed by atoms with van der Waals surface area (Å²) in [7, 11) is 0. The van der Waals surface area contributed by atoms with Gasteiger partial charge in [0.05, 0.1) is 38.0 Å². The van der Waals surface area contributed by atoms with E-state index in [4.69, 9.17) is 17.3 Å². The molecule has 0 fully saturated rings. The Morgan fingerprint density at radius 1 is 1.14 bits per heavy atom. The molecule has 1 unspecified atom stereocenters. The van der Waals surface area contributed by atoms with E-state index in [1.165, 1.54) is 12.1 Å². The predicted molar refractivity (Wildman–Crippen MR) is 124 cm³/mol. The van der Waals surface area contributed by atoms with Gasteiger partial charge in [0.15, 0.2) is 0 Å². The van der Waals surface area contributed by atoms with E-state index in [0.29, 0.717) is 15.8 Å². The van der Waals surface area contributed by atoms with Crippen molar-refractivity contribution in [2.45, 2.75) is 19.1 Å². The molecule has 4 aromatic rings. The molecule has 1 aliphatic heterocycles. The Bertz CT molecular complexity index is 1620. The second-order valence-corrected chi connectivity index (χ2v) is 9.75. The molecule has 5 rings (SSSR count). The molecule has 0 aliphatic carbocycles. The molecule has 0 radical (unpaired) electrons. The number of nitrogens with one attached hydrogen (secondary N) is 1. The molecular formula is C24H13ClF5N3O2S. The van der Waals surface area contributed by atoms with Crippen molar-refractivity contribution in [3.8, 4) is 11.1 Å². The third-order valence-corrected chi connectivity index (χ3v) is 7.11. The Labute approximate surface area is 208 Å². The minimum atomic E-state index is -4.95. The molecule has 2 amide bonds. The lowest BCUT2D eigenvalue weighted by atomic mass is 9.86. The lowest BCUT2D eigenvalue weighted by molar-refractivity contribution is -0.137. The highest BCUT2D eigenvalue weighted by Gasteiger charge is 2.39. The minimum absolute atomic E-state index is 0.0203. The van der Waals surface area contributed by atoms with Crippen molar-refractivity contribution >= 4 is 45.0 Å². The second kappa shape index (κ2) is 8.24. The highest BCUT2D eigenvalue weighted by molar-refractivity contribution is 7.18. The van der Waals surface area contributed by atoms with Crippen LogP contribution in [-0.4, -0.2) is 16.8 Å². The van der Waals surface area contributed by atoms with Crippen LogP contribution in [0.4, 0.5) is 22.0 Å². The van der Waals surface area contributed by atoms with Crippen LogP contribution < -0.4 is 11.1 Å². The fraction of sp³-hybridized carbons (Fsp3) is 0.125. The van der Waals surface area contributed by atoms with Crippen molar-refractivity contribution in [1.29, 1.82) is 0 Å². The van der Waals surface area contributed by atoms with Crippen molar-refractivity contribution in [2.75, 3.05) is 0 Å². The quantitative estimate of drug-likeness (QED) is 0.307. The van der Waals surface area contributed by atoms with Crippen LogP contribution in [0.2, 0.25) is 5.02 Å². The van der Waals surface area contributed by atoms with E-state index in [-0.39, 0.29) is 38.9 Å². The first kappa shape index (κ1) is 24.1. The van der Waals surface area contributed by atoms with E-state index in [1.54, 1.807) is 6.92 Å².